The zero-order valence-electron chi connectivity index (χ0n) is 14.9. The summed E-state index contributed by atoms with van der Waals surface area (Å²) in [5, 5.41) is 5.16. The average molecular weight is 345 g/mol. The van der Waals surface area contributed by atoms with E-state index in [1.54, 1.807) is 16.9 Å². The maximum absolute atomic E-state index is 13.0. The molecule has 130 valence electrons. The van der Waals surface area contributed by atoms with E-state index < -0.39 is 0 Å². The molecule has 0 aliphatic carbocycles. The van der Waals surface area contributed by atoms with Gasteiger partial charge in [0.15, 0.2) is 5.69 Å². The first kappa shape index (κ1) is 16.3. The summed E-state index contributed by atoms with van der Waals surface area (Å²) < 4.78 is 7.62. The quantitative estimate of drug-likeness (QED) is 0.542. The fourth-order valence-electron chi connectivity index (χ4n) is 2.81. The Hall–Kier alpha value is -3.21. The van der Waals surface area contributed by atoms with E-state index in [2.05, 4.69) is 10.1 Å². The highest BCUT2D eigenvalue weighted by molar-refractivity contribution is 5.82. The van der Waals surface area contributed by atoms with Crippen molar-refractivity contribution in [3.05, 3.63) is 76.8 Å². The Labute approximate surface area is 150 Å². The van der Waals surface area contributed by atoms with E-state index in [4.69, 9.17) is 4.42 Å². The molecule has 26 heavy (non-hydrogen) atoms. The molecule has 4 rings (SSSR count). The first-order valence-electron chi connectivity index (χ1n) is 8.49. The maximum atomic E-state index is 13.0. The van der Waals surface area contributed by atoms with E-state index in [1.165, 1.54) is 0 Å². The van der Waals surface area contributed by atoms with Crippen LogP contribution in [0, 0.1) is 0 Å². The van der Waals surface area contributed by atoms with Gasteiger partial charge < -0.3 is 4.42 Å². The lowest BCUT2D eigenvalue weighted by Gasteiger charge is -2.13. The number of oxazole rings is 1. The number of hydrogen-bond acceptors (Lipinski definition) is 4. The van der Waals surface area contributed by atoms with E-state index in [1.807, 2.05) is 69.3 Å². The highest BCUT2D eigenvalue weighted by atomic mass is 16.4. The molecule has 0 saturated heterocycles. The largest absolute Gasteiger partial charge is 0.439 e. The maximum Gasteiger partial charge on any atom is 0.251 e. The molecule has 0 radical (unpaired) electrons. The number of nitrogens with zero attached hydrogens (tertiary/aromatic N) is 3. The second-order valence-electron chi connectivity index (χ2n) is 7.22. The predicted octanol–water partition coefficient (Wildman–Crippen LogP) is 4.34. The Bertz CT molecular complexity index is 1140. The SMILES string of the molecule is CC(C)(C)c1cnc(-c2nn(-c3ccccc3)c3ccccc3c2=O)o1. The Balaban J connectivity index is 2.01. The molecule has 2 heterocycles. The van der Waals surface area contributed by atoms with Gasteiger partial charge in [-0.3, -0.25) is 4.79 Å². The molecule has 5 nitrogen and oxygen atoms in total. The van der Waals surface area contributed by atoms with Crippen molar-refractivity contribution < 1.29 is 4.42 Å². The van der Waals surface area contributed by atoms with Gasteiger partial charge >= 0.3 is 0 Å². The van der Waals surface area contributed by atoms with Gasteiger partial charge in [-0.25, -0.2) is 9.67 Å². The molecule has 0 spiro atoms. The molecule has 0 amide bonds. The molecule has 0 saturated carbocycles. The second kappa shape index (κ2) is 5.95. The minimum Gasteiger partial charge on any atom is -0.439 e. The highest BCUT2D eigenvalue weighted by Gasteiger charge is 2.22. The summed E-state index contributed by atoms with van der Waals surface area (Å²) in [6, 6.07) is 17.1. The summed E-state index contributed by atoms with van der Waals surface area (Å²) in [4.78, 5) is 17.3. The van der Waals surface area contributed by atoms with Crippen molar-refractivity contribution in [1.82, 2.24) is 14.8 Å². The topological polar surface area (TPSA) is 60.9 Å². The lowest BCUT2D eigenvalue weighted by molar-refractivity contribution is 0.414. The first-order valence-corrected chi connectivity index (χ1v) is 8.49. The molecule has 2 aromatic heterocycles. The van der Waals surface area contributed by atoms with E-state index in [0.29, 0.717) is 11.1 Å². The Morgan fingerprint density at radius 1 is 0.962 bits per heavy atom. The molecule has 0 unspecified atom stereocenters. The average Bonchev–Trinajstić information content (AvgIpc) is 3.13. The minimum absolute atomic E-state index is 0.185. The number of benzene rings is 2. The molecule has 0 fully saturated rings. The van der Waals surface area contributed by atoms with E-state index in [-0.39, 0.29) is 22.4 Å². The van der Waals surface area contributed by atoms with Crippen molar-refractivity contribution in [2.75, 3.05) is 0 Å². The van der Waals surface area contributed by atoms with Crippen LogP contribution in [0.3, 0.4) is 0 Å². The fourth-order valence-corrected chi connectivity index (χ4v) is 2.81. The molecule has 0 aliphatic heterocycles. The summed E-state index contributed by atoms with van der Waals surface area (Å²) >= 11 is 0. The van der Waals surface area contributed by atoms with Gasteiger partial charge in [0.2, 0.25) is 5.43 Å². The number of aromatic nitrogens is 3. The molecular weight excluding hydrogens is 326 g/mol. The van der Waals surface area contributed by atoms with Gasteiger partial charge in [0.1, 0.15) is 5.76 Å². The van der Waals surface area contributed by atoms with Gasteiger partial charge in [-0.15, -0.1) is 0 Å². The zero-order chi connectivity index (χ0) is 18.3. The lowest BCUT2D eigenvalue weighted by atomic mass is 9.94. The van der Waals surface area contributed by atoms with Crippen LogP contribution in [0.1, 0.15) is 26.5 Å². The third-order valence-corrected chi connectivity index (χ3v) is 4.24. The van der Waals surface area contributed by atoms with Crippen LogP contribution in [0.25, 0.3) is 28.2 Å². The van der Waals surface area contributed by atoms with Crippen molar-refractivity contribution in [3.63, 3.8) is 0 Å². The number of para-hydroxylation sites is 2. The van der Waals surface area contributed by atoms with E-state index >= 15 is 0 Å². The molecule has 5 heteroatoms. The molecule has 0 aliphatic rings. The van der Waals surface area contributed by atoms with E-state index in [9.17, 15) is 4.79 Å². The van der Waals surface area contributed by atoms with Gasteiger partial charge in [-0.2, -0.15) is 5.10 Å². The van der Waals surface area contributed by atoms with Crippen LogP contribution in [-0.4, -0.2) is 14.8 Å². The third kappa shape index (κ3) is 2.71. The van der Waals surface area contributed by atoms with Gasteiger partial charge in [0, 0.05) is 5.41 Å². The second-order valence-corrected chi connectivity index (χ2v) is 7.22. The Morgan fingerprint density at radius 2 is 1.65 bits per heavy atom. The summed E-state index contributed by atoms with van der Waals surface area (Å²) in [7, 11) is 0. The van der Waals surface area contributed by atoms with Crippen molar-refractivity contribution in [2.45, 2.75) is 26.2 Å². The number of rotatable bonds is 2. The smallest absolute Gasteiger partial charge is 0.251 e. The molecule has 0 N–H and O–H groups in total. The van der Waals surface area contributed by atoms with Crippen LogP contribution in [0.5, 0.6) is 0 Å². The van der Waals surface area contributed by atoms with Crippen molar-refractivity contribution >= 4 is 10.9 Å². The normalized spacial score (nSPS) is 11.8. The zero-order valence-corrected chi connectivity index (χ0v) is 14.9. The van der Waals surface area contributed by atoms with Gasteiger partial charge in [-0.05, 0) is 24.3 Å². The monoisotopic (exact) mass is 345 g/mol. The summed E-state index contributed by atoms with van der Waals surface area (Å²) in [5.41, 5.74) is 1.45. The standard InChI is InChI=1S/C21H19N3O2/c1-21(2,3)17-13-22-20(26-17)18-19(25)15-11-7-8-12-16(15)24(23-18)14-9-5-4-6-10-14/h4-13H,1-3H3. The number of hydrogen-bond donors (Lipinski definition) is 0. The fraction of sp³-hybridized carbons (Fsp3) is 0.190. The molecule has 0 atom stereocenters. The first-order chi connectivity index (χ1) is 12.4. The predicted molar refractivity (Wildman–Crippen MR) is 102 cm³/mol. The summed E-state index contributed by atoms with van der Waals surface area (Å²) in [6.07, 6.45) is 1.67. The molecule has 0 bridgehead atoms. The highest BCUT2D eigenvalue weighted by Crippen LogP contribution is 2.26. The molecule has 4 aromatic rings. The third-order valence-electron chi connectivity index (χ3n) is 4.24. The lowest BCUT2D eigenvalue weighted by Crippen LogP contribution is -2.15. The van der Waals surface area contributed by atoms with Crippen LogP contribution in [-0.2, 0) is 5.41 Å². The Kier molecular flexibility index (Phi) is 3.72. The number of fused-ring (bicyclic) bond motifs is 1. The van der Waals surface area contributed by atoms with Crippen LogP contribution in [0.4, 0.5) is 0 Å². The van der Waals surface area contributed by atoms with Crippen molar-refractivity contribution in [1.29, 1.82) is 0 Å². The Morgan fingerprint density at radius 3 is 2.35 bits per heavy atom. The van der Waals surface area contributed by atoms with E-state index in [0.717, 1.165) is 11.2 Å². The minimum atomic E-state index is -0.194. The van der Waals surface area contributed by atoms with Crippen molar-refractivity contribution in [2.24, 2.45) is 0 Å². The molecular formula is C21H19N3O2. The van der Waals surface area contributed by atoms with Crippen LogP contribution in [0.2, 0.25) is 0 Å². The van der Waals surface area contributed by atoms with Gasteiger partial charge in [0.05, 0.1) is 22.8 Å². The van der Waals surface area contributed by atoms with Crippen molar-refractivity contribution in [3.8, 4) is 17.3 Å². The summed E-state index contributed by atoms with van der Waals surface area (Å²) in [6.45, 7) is 6.11. The van der Waals surface area contributed by atoms with Gasteiger partial charge in [0.25, 0.3) is 5.89 Å². The summed E-state index contributed by atoms with van der Waals surface area (Å²) in [5.74, 6) is 0.962. The van der Waals surface area contributed by atoms with Crippen LogP contribution >= 0.6 is 0 Å². The molecule has 2 aromatic carbocycles. The van der Waals surface area contributed by atoms with Crippen LogP contribution < -0.4 is 5.43 Å². The van der Waals surface area contributed by atoms with Crippen LogP contribution in [0.15, 0.2) is 70.0 Å². The van der Waals surface area contributed by atoms with Gasteiger partial charge in [-0.1, -0.05) is 51.1 Å².